The predicted molar refractivity (Wildman–Crippen MR) is 73.8 cm³/mol. The summed E-state index contributed by atoms with van der Waals surface area (Å²) in [5.74, 6) is 1.79. The van der Waals surface area contributed by atoms with Crippen LogP contribution in [0.4, 0.5) is 5.95 Å². The van der Waals surface area contributed by atoms with Crippen molar-refractivity contribution in [3.63, 3.8) is 0 Å². The Balaban J connectivity index is 2.05. The average molecular weight is 267 g/mol. The molecule has 0 aliphatic carbocycles. The van der Waals surface area contributed by atoms with E-state index in [0.717, 1.165) is 23.2 Å². The molecule has 0 spiro atoms. The minimum atomic E-state index is 0.381. The molecule has 6 heteroatoms. The van der Waals surface area contributed by atoms with Gasteiger partial charge in [-0.05, 0) is 18.2 Å². The Labute approximate surface area is 115 Å². The van der Waals surface area contributed by atoms with Crippen molar-refractivity contribution in [1.29, 1.82) is 5.26 Å². The summed E-state index contributed by atoms with van der Waals surface area (Å²) in [5, 5.41) is 8.98. The number of imidazole rings is 1. The van der Waals surface area contributed by atoms with Crippen LogP contribution >= 0.6 is 0 Å². The van der Waals surface area contributed by atoms with Gasteiger partial charge in [0.15, 0.2) is 0 Å². The second kappa shape index (κ2) is 4.70. The Morgan fingerprint density at radius 3 is 3.00 bits per heavy atom. The van der Waals surface area contributed by atoms with Gasteiger partial charge in [-0.25, -0.2) is 9.97 Å². The summed E-state index contributed by atoms with van der Waals surface area (Å²) in [6.07, 6.45) is 2.51. The molecule has 0 aliphatic rings. The third-order valence-corrected chi connectivity index (χ3v) is 3.15. The van der Waals surface area contributed by atoms with Gasteiger partial charge in [-0.1, -0.05) is 6.92 Å². The van der Waals surface area contributed by atoms with Crippen LogP contribution < -0.4 is 5.73 Å². The maximum absolute atomic E-state index is 8.98. The lowest BCUT2D eigenvalue weighted by Crippen LogP contribution is -2.04. The van der Waals surface area contributed by atoms with Gasteiger partial charge in [-0.2, -0.15) is 5.26 Å². The Morgan fingerprint density at radius 1 is 1.45 bits per heavy atom. The topological polar surface area (TPSA) is 93.7 Å². The second-order valence-corrected chi connectivity index (χ2v) is 4.45. The molecule has 0 amide bonds. The minimum Gasteiger partial charge on any atom is -0.444 e. The van der Waals surface area contributed by atoms with Gasteiger partial charge >= 0.3 is 0 Å². The zero-order valence-electron chi connectivity index (χ0n) is 11.0. The van der Waals surface area contributed by atoms with Gasteiger partial charge in [-0.3, -0.25) is 0 Å². The fourth-order valence-electron chi connectivity index (χ4n) is 2.10. The summed E-state index contributed by atoms with van der Waals surface area (Å²) in [4.78, 5) is 8.49. The van der Waals surface area contributed by atoms with Crippen molar-refractivity contribution in [2.24, 2.45) is 0 Å². The molecular formula is C14H13N5O. The van der Waals surface area contributed by atoms with Crippen molar-refractivity contribution >= 4 is 17.0 Å². The fraction of sp³-hybridized carbons (Fsp3) is 0.214. The number of oxazole rings is 1. The van der Waals surface area contributed by atoms with Gasteiger partial charge in [0.25, 0.3) is 0 Å². The number of benzene rings is 1. The molecular weight excluding hydrogens is 254 g/mol. The van der Waals surface area contributed by atoms with Gasteiger partial charge in [-0.15, -0.1) is 0 Å². The smallest absolute Gasteiger partial charge is 0.214 e. The number of anilines is 1. The third-order valence-electron chi connectivity index (χ3n) is 3.15. The Bertz CT molecular complexity index is 809. The van der Waals surface area contributed by atoms with E-state index < -0.39 is 0 Å². The number of nitriles is 1. The van der Waals surface area contributed by atoms with Crippen LogP contribution in [-0.4, -0.2) is 14.5 Å². The van der Waals surface area contributed by atoms with Crippen LogP contribution in [0.5, 0.6) is 0 Å². The van der Waals surface area contributed by atoms with Crippen molar-refractivity contribution < 1.29 is 4.42 Å². The van der Waals surface area contributed by atoms with Crippen LogP contribution in [0.3, 0.4) is 0 Å². The highest BCUT2D eigenvalue weighted by atomic mass is 16.4. The first-order chi connectivity index (χ1) is 9.71. The third kappa shape index (κ3) is 1.99. The highest BCUT2D eigenvalue weighted by Crippen LogP contribution is 2.20. The average Bonchev–Trinajstić information content (AvgIpc) is 3.04. The molecule has 2 heterocycles. The molecule has 2 N–H and O–H groups in total. The Kier molecular flexibility index (Phi) is 2.88. The summed E-state index contributed by atoms with van der Waals surface area (Å²) >= 11 is 0. The molecule has 20 heavy (non-hydrogen) atoms. The lowest BCUT2D eigenvalue weighted by Gasteiger charge is -2.03. The zero-order chi connectivity index (χ0) is 14.1. The molecule has 100 valence electrons. The lowest BCUT2D eigenvalue weighted by molar-refractivity contribution is 0.449. The SMILES string of the molecule is CCc1cnc(Cn2c(N)nc3ccc(C#N)cc32)o1. The van der Waals surface area contributed by atoms with Crippen LogP contribution in [0.25, 0.3) is 11.0 Å². The van der Waals surface area contributed by atoms with Crippen molar-refractivity contribution in [3.05, 3.63) is 41.6 Å². The number of aryl methyl sites for hydroxylation is 1. The van der Waals surface area contributed by atoms with E-state index in [9.17, 15) is 0 Å². The molecule has 0 fully saturated rings. The van der Waals surface area contributed by atoms with Crippen LogP contribution in [0, 0.1) is 11.3 Å². The van der Waals surface area contributed by atoms with Crippen molar-refractivity contribution in [3.8, 4) is 6.07 Å². The van der Waals surface area contributed by atoms with E-state index in [1.807, 2.05) is 6.92 Å². The summed E-state index contributed by atoms with van der Waals surface area (Å²) < 4.78 is 7.38. The molecule has 0 saturated carbocycles. The molecule has 3 rings (SSSR count). The fourth-order valence-corrected chi connectivity index (χ4v) is 2.10. The largest absolute Gasteiger partial charge is 0.444 e. The standard InChI is InChI=1S/C14H13N5O/c1-2-10-7-17-13(20-10)8-19-12-5-9(6-15)3-4-11(12)18-14(19)16/h3-5,7H,2,8H2,1H3,(H2,16,18). The zero-order valence-corrected chi connectivity index (χ0v) is 11.0. The molecule has 0 unspecified atom stereocenters. The quantitative estimate of drug-likeness (QED) is 0.784. The van der Waals surface area contributed by atoms with Crippen LogP contribution in [0.15, 0.2) is 28.8 Å². The van der Waals surface area contributed by atoms with E-state index in [0.29, 0.717) is 23.9 Å². The van der Waals surface area contributed by atoms with Gasteiger partial charge in [0.05, 0.1) is 28.9 Å². The molecule has 0 aliphatic heterocycles. The summed E-state index contributed by atoms with van der Waals surface area (Å²) in [6, 6.07) is 7.39. The van der Waals surface area contributed by atoms with Gasteiger partial charge in [0.2, 0.25) is 11.8 Å². The lowest BCUT2D eigenvalue weighted by atomic mass is 10.2. The van der Waals surface area contributed by atoms with Gasteiger partial charge in [0.1, 0.15) is 12.3 Å². The number of hydrogen-bond donors (Lipinski definition) is 1. The minimum absolute atomic E-state index is 0.381. The first-order valence-corrected chi connectivity index (χ1v) is 6.30. The first kappa shape index (κ1) is 12.2. The maximum atomic E-state index is 8.98. The Morgan fingerprint density at radius 2 is 2.30 bits per heavy atom. The molecule has 0 saturated heterocycles. The molecule has 1 aromatic carbocycles. The van der Waals surface area contributed by atoms with E-state index in [-0.39, 0.29) is 0 Å². The second-order valence-electron chi connectivity index (χ2n) is 4.45. The van der Waals surface area contributed by atoms with E-state index in [4.69, 9.17) is 15.4 Å². The van der Waals surface area contributed by atoms with Crippen molar-refractivity contribution in [2.75, 3.05) is 5.73 Å². The maximum Gasteiger partial charge on any atom is 0.214 e. The van der Waals surface area contributed by atoms with Gasteiger partial charge in [0, 0.05) is 6.42 Å². The normalized spacial score (nSPS) is 10.8. The number of rotatable bonds is 3. The Hall–Kier alpha value is -2.81. The van der Waals surface area contributed by atoms with Crippen LogP contribution in [0.2, 0.25) is 0 Å². The van der Waals surface area contributed by atoms with Crippen molar-refractivity contribution in [2.45, 2.75) is 19.9 Å². The van der Waals surface area contributed by atoms with E-state index in [1.54, 1.807) is 29.0 Å². The summed E-state index contributed by atoms with van der Waals surface area (Å²) in [6.45, 7) is 2.40. The van der Waals surface area contributed by atoms with Gasteiger partial charge < -0.3 is 14.7 Å². The van der Waals surface area contributed by atoms with E-state index in [1.165, 1.54) is 0 Å². The monoisotopic (exact) mass is 267 g/mol. The number of hydrogen-bond acceptors (Lipinski definition) is 5. The number of nitrogen functional groups attached to an aromatic ring is 1. The highest BCUT2D eigenvalue weighted by Gasteiger charge is 2.12. The summed E-state index contributed by atoms with van der Waals surface area (Å²) in [5.41, 5.74) is 8.06. The number of fused-ring (bicyclic) bond motifs is 1. The summed E-state index contributed by atoms with van der Waals surface area (Å²) in [7, 11) is 0. The molecule has 0 radical (unpaired) electrons. The first-order valence-electron chi connectivity index (χ1n) is 6.30. The molecule has 0 bridgehead atoms. The van der Waals surface area contributed by atoms with E-state index in [2.05, 4.69) is 16.0 Å². The predicted octanol–water partition coefficient (Wildman–Crippen LogP) is 2.09. The highest BCUT2D eigenvalue weighted by molar-refractivity contribution is 5.79. The molecule has 6 nitrogen and oxygen atoms in total. The van der Waals surface area contributed by atoms with Crippen LogP contribution in [-0.2, 0) is 13.0 Å². The van der Waals surface area contributed by atoms with Crippen molar-refractivity contribution in [1.82, 2.24) is 14.5 Å². The number of aromatic nitrogens is 3. The molecule has 0 atom stereocenters. The molecule has 3 aromatic rings. The number of nitrogens with zero attached hydrogens (tertiary/aromatic N) is 4. The van der Waals surface area contributed by atoms with Crippen LogP contribution in [0.1, 0.15) is 24.1 Å². The number of nitrogens with two attached hydrogens (primary N) is 1. The molecule has 2 aromatic heterocycles. The van der Waals surface area contributed by atoms with E-state index >= 15 is 0 Å².